The van der Waals surface area contributed by atoms with Gasteiger partial charge in [0.25, 0.3) is 5.56 Å². The van der Waals surface area contributed by atoms with Gasteiger partial charge in [-0.2, -0.15) is 0 Å². The molecule has 32 heavy (non-hydrogen) atoms. The molecule has 7 nitrogen and oxygen atoms in total. The highest BCUT2D eigenvalue weighted by molar-refractivity contribution is 7.15. The molecular weight excluding hydrogens is 446 g/mol. The lowest BCUT2D eigenvalue weighted by atomic mass is 10.0. The zero-order valence-corrected chi connectivity index (χ0v) is 19.0. The third kappa shape index (κ3) is 4.68. The normalized spacial score (nSPS) is 10.7. The Hall–Kier alpha value is -3.56. The van der Waals surface area contributed by atoms with Crippen LogP contribution in [-0.4, -0.2) is 21.3 Å². The fourth-order valence-electron chi connectivity index (χ4n) is 3.07. The van der Waals surface area contributed by atoms with Crippen molar-refractivity contribution in [2.24, 2.45) is 0 Å². The van der Waals surface area contributed by atoms with E-state index in [2.05, 4.69) is 10.3 Å². The Bertz CT molecular complexity index is 1380. The highest BCUT2D eigenvalue weighted by atomic mass is 32.1. The molecule has 1 amide bonds. The number of esters is 1. The number of ether oxygens (including phenoxy) is 1. The van der Waals surface area contributed by atoms with Gasteiger partial charge >= 0.3 is 5.97 Å². The van der Waals surface area contributed by atoms with Gasteiger partial charge in [-0.05, 0) is 19.4 Å². The van der Waals surface area contributed by atoms with Crippen LogP contribution in [0.15, 0.2) is 69.8 Å². The molecule has 162 valence electrons. The summed E-state index contributed by atoms with van der Waals surface area (Å²) in [6.45, 7) is 3.48. The van der Waals surface area contributed by atoms with Gasteiger partial charge in [-0.15, -0.1) is 22.7 Å². The van der Waals surface area contributed by atoms with E-state index in [1.807, 2.05) is 49.6 Å². The summed E-state index contributed by atoms with van der Waals surface area (Å²) in [4.78, 5) is 42.4. The number of allylic oxidation sites excluding steroid dienone is 1. The van der Waals surface area contributed by atoms with Crippen LogP contribution in [0.2, 0.25) is 0 Å². The molecule has 9 heteroatoms. The van der Waals surface area contributed by atoms with E-state index in [9.17, 15) is 14.4 Å². The number of nitrogens with zero attached hydrogens (tertiary/aromatic N) is 2. The molecule has 0 saturated heterocycles. The van der Waals surface area contributed by atoms with Crippen LogP contribution in [0.1, 0.15) is 29.9 Å². The van der Waals surface area contributed by atoms with Gasteiger partial charge in [-0.25, -0.2) is 9.78 Å². The molecule has 0 aliphatic carbocycles. The molecule has 0 saturated carbocycles. The zero-order chi connectivity index (χ0) is 22.7. The number of thiophene rings is 1. The largest absolute Gasteiger partial charge is 0.455 e. The summed E-state index contributed by atoms with van der Waals surface area (Å²) < 4.78 is 6.94. The minimum atomic E-state index is -0.606. The first-order valence-corrected chi connectivity index (χ1v) is 11.4. The molecule has 1 N–H and O–H groups in total. The first kappa shape index (κ1) is 21.7. The number of aromatic nitrogens is 2. The van der Waals surface area contributed by atoms with Gasteiger partial charge in [0.15, 0.2) is 4.96 Å². The maximum atomic E-state index is 13.1. The Labute approximate surface area is 191 Å². The quantitative estimate of drug-likeness (QED) is 0.328. The predicted octanol–water partition coefficient (Wildman–Crippen LogP) is 4.75. The van der Waals surface area contributed by atoms with Gasteiger partial charge in [0.1, 0.15) is 17.2 Å². The van der Waals surface area contributed by atoms with Crippen molar-refractivity contribution in [3.05, 3.63) is 86.6 Å². The van der Waals surface area contributed by atoms with Crippen LogP contribution in [0, 0.1) is 0 Å². The van der Waals surface area contributed by atoms with Crippen LogP contribution in [0.5, 0.6) is 0 Å². The third-order valence-electron chi connectivity index (χ3n) is 4.44. The van der Waals surface area contributed by atoms with E-state index >= 15 is 0 Å². The number of anilines is 1. The van der Waals surface area contributed by atoms with Gasteiger partial charge < -0.3 is 10.1 Å². The number of nitrogens with one attached hydrogen (secondary N) is 1. The summed E-state index contributed by atoms with van der Waals surface area (Å²) in [6, 6.07) is 10.7. The van der Waals surface area contributed by atoms with Crippen LogP contribution < -0.4 is 10.9 Å². The number of hydrogen-bond acceptors (Lipinski definition) is 7. The van der Waals surface area contributed by atoms with Crippen LogP contribution >= 0.6 is 22.7 Å². The second kappa shape index (κ2) is 9.29. The molecule has 0 bridgehead atoms. The number of thiazole rings is 1. The van der Waals surface area contributed by atoms with Gasteiger partial charge in [0, 0.05) is 34.7 Å². The fraction of sp³-hybridized carbons (Fsp3) is 0.130. The van der Waals surface area contributed by atoms with Crippen LogP contribution in [0.3, 0.4) is 0 Å². The lowest BCUT2D eigenvalue weighted by molar-refractivity contribution is -0.111. The van der Waals surface area contributed by atoms with Crippen molar-refractivity contribution in [2.75, 3.05) is 5.32 Å². The highest BCUT2D eigenvalue weighted by Crippen LogP contribution is 2.36. The molecule has 0 atom stereocenters. The molecule has 0 radical (unpaired) electrons. The Morgan fingerprint density at radius 2 is 1.97 bits per heavy atom. The molecule has 0 aliphatic rings. The minimum absolute atomic E-state index is 0.159. The molecule has 4 aromatic rings. The number of carbonyl (C=O) groups is 2. The Balaban J connectivity index is 1.63. The average Bonchev–Trinajstić information content (AvgIpc) is 3.39. The van der Waals surface area contributed by atoms with E-state index in [0.717, 1.165) is 11.1 Å². The number of fused-ring (bicyclic) bond motifs is 1. The Morgan fingerprint density at radius 3 is 2.72 bits per heavy atom. The van der Waals surface area contributed by atoms with Crippen molar-refractivity contribution in [3.63, 3.8) is 0 Å². The highest BCUT2D eigenvalue weighted by Gasteiger charge is 2.23. The van der Waals surface area contributed by atoms with E-state index < -0.39 is 5.97 Å². The fourth-order valence-corrected chi connectivity index (χ4v) is 4.77. The smallest absolute Gasteiger partial charge is 0.342 e. The molecule has 3 heterocycles. The topological polar surface area (TPSA) is 89.8 Å². The first-order chi connectivity index (χ1) is 15.4. The van der Waals surface area contributed by atoms with E-state index in [1.165, 1.54) is 39.2 Å². The van der Waals surface area contributed by atoms with Crippen molar-refractivity contribution in [3.8, 4) is 11.1 Å². The lowest BCUT2D eigenvalue weighted by Gasteiger charge is -2.09. The van der Waals surface area contributed by atoms with Crippen molar-refractivity contribution in [1.82, 2.24) is 9.38 Å². The molecule has 0 aliphatic heterocycles. The molecule has 3 aromatic heterocycles. The monoisotopic (exact) mass is 465 g/mol. The van der Waals surface area contributed by atoms with Crippen LogP contribution in [-0.2, 0) is 16.1 Å². The molecule has 0 fully saturated rings. The molecule has 4 rings (SSSR count). The van der Waals surface area contributed by atoms with E-state index in [4.69, 9.17) is 4.74 Å². The van der Waals surface area contributed by atoms with Gasteiger partial charge in [-0.3, -0.25) is 14.0 Å². The predicted molar refractivity (Wildman–Crippen MR) is 126 cm³/mol. The maximum Gasteiger partial charge on any atom is 0.342 e. The maximum absolute atomic E-state index is 13.1. The van der Waals surface area contributed by atoms with Crippen molar-refractivity contribution >= 4 is 44.5 Å². The van der Waals surface area contributed by atoms with E-state index in [0.29, 0.717) is 21.2 Å². The zero-order valence-electron chi connectivity index (χ0n) is 17.3. The summed E-state index contributed by atoms with van der Waals surface area (Å²) in [5.74, 6) is -0.927. The molecular formula is C23H19N3O4S2. The van der Waals surface area contributed by atoms with Crippen LogP contribution in [0.4, 0.5) is 5.00 Å². The summed E-state index contributed by atoms with van der Waals surface area (Å²) >= 11 is 2.57. The standard InChI is InChI=1S/C23H19N3O4S2/c1-14(2)10-18(27)25-21-20(17(13-32-21)15-6-4-3-5-7-15)22(29)30-12-16-11-19(28)26-8-9-31-23(26)24-16/h3-11,13H,12H2,1-2H3,(H,25,27). The summed E-state index contributed by atoms with van der Waals surface area (Å²) in [5, 5.41) is 6.75. The molecule has 0 spiro atoms. The van der Waals surface area contributed by atoms with E-state index in [-0.39, 0.29) is 23.6 Å². The number of hydrogen-bond donors (Lipinski definition) is 1. The SMILES string of the molecule is CC(C)=CC(=O)Nc1scc(-c2ccccc2)c1C(=O)OCc1cc(=O)n2ccsc2n1. The number of rotatable bonds is 6. The number of carbonyl (C=O) groups excluding carboxylic acids is 2. The summed E-state index contributed by atoms with van der Waals surface area (Å²) in [6.07, 6.45) is 3.11. The second-order valence-corrected chi connectivity index (χ2v) is 8.90. The Kier molecular flexibility index (Phi) is 6.29. The van der Waals surface area contributed by atoms with Gasteiger partial charge in [0.2, 0.25) is 5.91 Å². The number of amides is 1. The second-order valence-electron chi connectivity index (χ2n) is 7.15. The molecule has 1 aromatic carbocycles. The Morgan fingerprint density at radius 1 is 1.19 bits per heavy atom. The average molecular weight is 466 g/mol. The van der Waals surface area contributed by atoms with Crippen molar-refractivity contribution in [2.45, 2.75) is 20.5 Å². The van der Waals surface area contributed by atoms with Crippen LogP contribution in [0.25, 0.3) is 16.1 Å². The first-order valence-electron chi connectivity index (χ1n) is 9.68. The molecule has 0 unspecified atom stereocenters. The lowest BCUT2D eigenvalue weighted by Crippen LogP contribution is -2.16. The third-order valence-corrected chi connectivity index (χ3v) is 6.10. The minimum Gasteiger partial charge on any atom is -0.455 e. The van der Waals surface area contributed by atoms with Gasteiger partial charge in [0.05, 0.1) is 5.69 Å². The van der Waals surface area contributed by atoms with Crippen molar-refractivity contribution in [1.29, 1.82) is 0 Å². The summed E-state index contributed by atoms with van der Waals surface area (Å²) in [7, 11) is 0. The van der Waals surface area contributed by atoms with Crippen molar-refractivity contribution < 1.29 is 14.3 Å². The van der Waals surface area contributed by atoms with E-state index in [1.54, 1.807) is 11.6 Å². The van der Waals surface area contributed by atoms with Gasteiger partial charge in [-0.1, -0.05) is 35.9 Å². The number of benzene rings is 1. The summed E-state index contributed by atoms with van der Waals surface area (Å²) in [5.41, 5.74) is 2.72.